The molecule has 1 saturated carbocycles. The van der Waals surface area contributed by atoms with Crippen LogP contribution in [-0.2, 0) is 11.0 Å². The maximum absolute atomic E-state index is 13.0. The van der Waals surface area contributed by atoms with Crippen LogP contribution in [0.15, 0.2) is 48.5 Å². The number of nitrogens with one attached hydrogen (secondary N) is 2. The van der Waals surface area contributed by atoms with Gasteiger partial charge in [0.05, 0.1) is 17.2 Å². The van der Waals surface area contributed by atoms with E-state index in [0.29, 0.717) is 18.5 Å². The highest BCUT2D eigenvalue weighted by molar-refractivity contribution is 6.00. The van der Waals surface area contributed by atoms with Gasteiger partial charge in [0.25, 0.3) is 0 Å². The second-order valence-corrected chi connectivity index (χ2v) is 7.13. The van der Waals surface area contributed by atoms with Gasteiger partial charge in [0.1, 0.15) is 0 Å². The average molecular weight is 406 g/mol. The molecule has 2 aromatic carbocycles. The Hall–Kier alpha value is -3.03. The number of carbonyl (C=O) groups excluding carboxylic acids is 1. The van der Waals surface area contributed by atoms with Crippen LogP contribution < -0.4 is 10.6 Å². The predicted molar refractivity (Wildman–Crippen MR) is 103 cm³/mol. The minimum absolute atomic E-state index is 0.270. The molecule has 0 unspecified atom stereocenters. The van der Waals surface area contributed by atoms with Gasteiger partial charge < -0.3 is 15.7 Å². The topological polar surface area (TPSA) is 78.4 Å². The molecule has 0 bridgehead atoms. The van der Waals surface area contributed by atoms with E-state index in [9.17, 15) is 22.8 Å². The highest BCUT2D eigenvalue weighted by atomic mass is 19.4. The molecular weight excluding hydrogens is 385 g/mol. The van der Waals surface area contributed by atoms with Gasteiger partial charge in [-0.25, -0.2) is 4.79 Å². The molecule has 1 fully saturated rings. The van der Waals surface area contributed by atoms with Crippen LogP contribution in [0.5, 0.6) is 0 Å². The number of anilines is 2. The first-order valence-electron chi connectivity index (χ1n) is 9.31. The molecule has 0 radical (unpaired) electrons. The van der Waals surface area contributed by atoms with Gasteiger partial charge in [-0.05, 0) is 61.4 Å². The summed E-state index contributed by atoms with van der Waals surface area (Å²) in [7, 11) is 0. The van der Waals surface area contributed by atoms with Crippen molar-refractivity contribution in [1.82, 2.24) is 0 Å². The monoisotopic (exact) mass is 406 g/mol. The number of benzene rings is 2. The maximum atomic E-state index is 13.0. The number of urea groups is 1. The van der Waals surface area contributed by atoms with Crippen molar-refractivity contribution in [1.29, 1.82) is 0 Å². The lowest BCUT2D eigenvalue weighted by molar-refractivity contribution is -0.143. The normalized spacial score (nSPS) is 19.4. The summed E-state index contributed by atoms with van der Waals surface area (Å²) < 4.78 is 39.0. The molecule has 1 aliphatic carbocycles. The van der Waals surface area contributed by atoms with E-state index in [1.165, 1.54) is 18.2 Å². The molecule has 5 nitrogen and oxygen atoms in total. The summed E-state index contributed by atoms with van der Waals surface area (Å²) in [5.74, 6) is -0.760. The lowest BCUT2D eigenvalue weighted by Gasteiger charge is -2.26. The second-order valence-electron chi connectivity index (χ2n) is 7.13. The Morgan fingerprint density at radius 2 is 1.52 bits per heavy atom. The molecule has 8 heteroatoms. The first kappa shape index (κ1) is 20.7. The molecule has 2 aromatic rings. The van der Waals surface area contributed by atoms with Crippen LogP contribution in [-0.4, -0.2) is 17.1 Å². The number of aliphatic carboxylic acids is 1. The fourth-order valence-electron chi connectivity index (χ4n) is 3.64. The Morgan fingerprint density at radius 1 is 0.897 bits per heavy atom. The van der Waals surface area contributed by atoms with E-state index in [-0.39, 0.29) is 17.5 Å². The number of para-hydroxylation sites is 1. The zero-order valence-corrected chi connectivity index (χ0v) is 15.5. The molecular formula is C21H21F3N2O3. The van der Waals surface area contributed by atoms with Gasteiger partial charge in [0.15, 0.2) is 0 Å². The van der Waals surface area contributed by atoms with Gasteiger partial charge >= 0.3 is 18.2 Å². The average Bonchev–Trinajstić information content (AvgIpc) is 2.68. The van der Waals surface area contributed by atoms with Gasteiger partial charge in [-0.2, -0.15) is 13.2 Å². The summed E-state index contributed by atoms with van der Waals surface area (Å²) in [5, 5.41) is 13.8. The van der Waals surface area contributed by atoms with Crippen molar-refractivity contribution in [3.63, 3.8) is 0 Å². The molecule has 3 rings (SSSR count). The van der Waals surface area contributed by atoms with Crippen molar-refractivity contribution < 1.29 is 27.9 Å². The minimum Gasteiger partial charge on any atom is -0.481 e. The van der Waals surface area contributed by atoms with Crippen LogP contribution in [0.1, 0.15) is 42.7 Å². The highest BCUT2D eigenvalue weighted by Crippen LogP contribution is 2.36. The van der Waals surface area contributed by atoms with Crippen molar-refractivity contribution >= 4 is 23.4 Å². The van der Waals surface area contributed by atoms with E-state index in [1.807, 2.05) is 12.1 Å². The molecule has 0 saturated heterocycles. The van der Waals surface area contributed by atoms with Gasteiger partial charge in [0.2, 0.25) is 0 Å². The first-order valence-corrected chi connectivity index (χ1v) is 9.31. The molecule has 0 atom stereocenters. The number of amides is 2. The van der Waals surface area contributed by atoms with Crippen molar-refractivity contribution in [3.8, 4) is 0 Å². The zero-order valence-electron chi connectivity index (χ0n) is 15.5. The van der Waals surface area contributed by atoms with Crippen molar-refractivity contribution in [2.75, 3.05) is 10.6 Å². The van der Waals surface area contributed by atoms with E-state index < -0.39 is 23.7 Å². The van der Waals surface area contributed by atoms with E-state index in [2.05, 4.69) is 10.6 Å². The zero-order chi connectivity index (χ0) is 21.0. The molecule has 154 valence electrons. The summed E-state index contributed by atoms with van der Waals surface area (Å²) in [4.78, 5) is 23.1. The number of halogens is 3. The number of hydrogen-bond acceptors (Lipinski definition) is 2. The Kier molecular flexibility index (Phi) is 6.10. The summed E-state index contributed by atoms with van der Waals surface area (Å²) in [5.41, 5.74) is 0.281. The highest BCUT2D eigenvalue weighted by Gasteiger charge is 2.33. The third-order valence-electron chi connectivity index (χ3n) is 5.20. The lowest BCUT2D eigenvalue weighted by Crippen LogP contribution is -2.22. The van der Waals surface area contributed by atoms with Crippen LogP contribution >= 0.6 is 0 Å². The molecule has 0 aliphatic heterocycles. The van der Waals surface area contributed by atoms with E-state index in [0.717, 1.165) is 24.5 Å². The SMILES string of the molecule is O=C(Nc1ccc([C@H]2CC[C@H](C(=O)O)CC2)cc1)Nc1ccccc1C(F)(F)F. The van der Waals surface area contributed by atoms with Crippen LogP contribution in [0, 0.1) is 5.92 Å². The summed E-state index contributed by atoms with van der Waals surface area (Å²) >= 11 is 0. The molecule has 0 heterocycles. The van der Waals surface area contributed by atoms with Gasteiger partial charge in [-0.15, -0.1) is 0 Å². The van der Waals surface area contributed by atoms with E-state index >= 15 is 0 Å². The third kappa shape index (κ3) is 5.28. The molecule has 1 aliphatic rings. The molecule has 2 amide bonds. The Bertz CT molecular complexity index is 873. The number of alkyl halides is 3. The van der Waals surface area contributed by atoms with Gasteiger partial charge in [-0.1, -0.05) is 24.3 Å². The maximum Gasteiger partial charge on any atom is 0.418 e. The van der Waals surface area contributed by atoms with Crippen LogP contribution in [0.3, 0.4) is 0 Å². The fourth-order valence-corrected chi connectivity index (χ4v) is 3.64. The van der Waals surface area contributed by atoms with Gasteiger partial charge in [0, 0.05) is 5.69 Å². The number of hydrogen-bond donors (Lipinski definition) is 3. The minimum atomic E-state index is -4.56. The molecule has 29 heavy (non-hydrogen) atoms. The first-order chi connectivity index (χ1) is 13.7. The van der Waals surface area contributed by atoms with Crippen LogP contribution in [0.2, 0.25) is 0 Å². The number of carbonyl (C=O) groups is 2. The quantitative estimate of drug-likeness (QED) is 0.609. The molecule has 0 spiro atoms. The summed E-state index contributed by atoms with van der Waals surface area (Å²) in [6, 6.07) is 11.1. The number of carboxylic acids is 1. The second kappa shape index (κ2) is 8.55. The summed E-state index contributed by atoms with van der Waals surface area (Å²) in [6.07, 6.45) is -1.70. The number of rotatable bonds is 4. The van der Waals surface area contributed by atoms with Crippen molar-refractivity contribution in [2.45, 2.75) is 37.8 Å². The van der Waals surface area contributed by atoms with Crippen LogP contribution in [0.4, 0.5) is 29.3 Å². The third-order valence-corrected chi connectivity index (χ3v) is 5.20. The number of carboxylic acid groups (broad SMARTS) is 1. The van der Waals surface area contributed by atoms with Gasteiger partial charge in [-0.3, -0.25) is 4.79 Å². The van der Waals surface area contributed by atoms with Crippen molar-refractivity contribution in [2.24, 2.45) is 5.92 Å². The van der Waals surface area contributed by atoms with Crippen LogP contribution in [0.25, 0.3) is 0 Å². The van der Waals surface area contributed by atoms with E-state index in [1.54, 1.807) is 12.1 Å². The largest absolute Gasteiger partial charge is 0.481 e. The Balaban J connectivity index is 1.59. The standard InChI is InChI=1S/C21H21F3N2O3/c22-21(23,24)17-3-1-2-4-18(17)26-20(29)25-16-11-9-14(10-12-16)13-5-7-15(8-6-13)19(27)28/h1-4,9-13,15H,5-8H2,(H,27,28)(H2,25,26,29)/t13-,15-. The molecule has 3 N–H and O–H groups in total. The smallest absolute Gasteiger partial charge is 0.418 e. The van der Waals surface area contributed by atoms with E-state index in [4.69, 9.17) is 5.11 Å². The lowest BCUT2D eigenvalue weighted by atomic mass is 9.79. The fraction of sp³-hybridized carbons (Fsp3) is 0.333. The predicted octanol–water partition coefficient (Wildman–Crippen LogP) is 5.71. The summed E-state index contributed by atoms with van der Waals surface area (Å²) in [6.45, 7) is 0. The Morgan fingerprint density at radius 3 is 2.10 bits per heavy atom. The molecule has 0 aromatic heterocycles. The van der Waals surface area contributed by atoms with Crippen molar-refractivity contribution in [3.05, 3.63) is 59.7 Å². The Labute approximate surface area is 165 Å².